The van der Waals surface area contributed by atoms with E-state index in [-0.39, 0.29) is 11.5 Å². The zero-order valence-corrected chi connectivity index (χ0v) is 13.7. The number of nitrogens with zero attached hydrogens (tertiary/aromatic N) is 3. The largest absolute Gasteiger partial charge is 0.360 e. The van der Waals surface area contributed by atoms with Crippen molar-refractivity contribution in [2.45, 2.75) is 0 Å². The van der Waals surface area contributed by atoms with Gasteiger partial charge in [0.2, 0.25) is 0 Å². The maximum Gasteiger partial charge on any atom is 0.266 e. The molecule has 5 nitrogen and oxygen atoms in total. The van der Waals surface area contributed by atoms with Crippen LogP contribution in [0.1, 0.15) is 0 Å². The number of amides is 1. The van der Waals surface area contributed by atoms with Crippen LogP contribution in [-0.2, 0) is 4.79 Å². The van der Waals surface area contributed by atoms with E-state index in [1.165, 1.54) is 6.20 Å². The average Bonchev–Trinajstić information content (AvgIpc) is 2.47. The van der Waals surface area contributed by atoms with Crippen LogP contribution < -0.4 is 5.32 Å². The van der Waals surface area contributed by atoms with E-state index in [1.807, 2.05) is 13.1 Å². The summed E-state index contributed by atoms with van der Waals surface area (Å²) in [5.41, 5.74) is 0.678. The molecule has 116 valence electrons. The number of carbonyl (C=O) groups excluding carboxylic acids is 1. The molecule has 1 heterocycles. The molecule has 1 N–H and O–H groups in total. The molecule has 1 amide bonds. The first-order chi connectivity index (χ1) is 10.5. The second-order valence-corrected chi connectivity index (χ2v) is 5.94. The third-order valence-corrected chi connectivity index (χ3v) is 3.82. The maximum atomic E-state index is 12.3. The molecule has 1 aromatic rings. The normalized spacial score (nSPS) is 16.3. The summed E-state index contributed by atoms with van der Waals surface area (Å²) >= 11 is 11.8. The molecule has 1 aromatic carbocycles. The fourth-order valence-electron chi connectivity index (χ4n) is 2.11. The smallest absolute Gasteiger partial charge is 0.266 e. The van der Waals surface area contributed by atoms with Crippen LogP contribution in [0.3, 0.4) is 0 Å². The molecule has 2 rings (SSSR count). The quantitative estimate of drug-likeness (QED) is 0.679. The van der Waals surface area contributed by atoms with E-state index in [2.05, 4.69) is 10.2 Å². The van der Waals surface area contributed by atoms with Crippen molar-refractivity contribution in [1.82, 2.24) is 9.80 Å². The number of anilines is 1. The van der Waals surface area contributed by atoms with Crippen molar-refractivity contribution < 1.29 is 4.79 Å². The topological polar surface area (TPSA) is 59.4 Å². The van der Waals surface area contributed by atoms with E-state index in [9.17, 15) is 10.1 Å². The lowest BCUT2D eigenvalue weighted by molar-refractivity contribution is -0.128. The molecule has 1 aliphatic heterocycles. The Morgan fingerprint density at radius 1 is 1.23 bits per heavy atom. The highest BCUT2D eigenvalue weighted by Crippen LogP contribution is 2.22. The first kappa shape index (κ1) is 16.6. The highest BCUT2D eigenvalue weighted by Gasteiger charge is 2.22. The summed E-state index contributed by atoms with van der Waals surface area (Å²) in [4.78, 5) is 16.1. The van der Waals surface area contributed by atoms with Gasteiger partial charge in [0.25, 0.3) is 5.91 Å². The predicted molar refractivity (Wildman–Crippen MR) is 87.9 cm³/mol. The minimum Gasteiger partial charge on any atom is -0.360 e. The van der Waals surface area contributed by atoms with Gasteiger partial charge in [0, 0.05) is 48.1 Å². The highest BCUT2D eigenvalue weighted by molar-refractivity contribution is 6.35. The molecule has 0 spiro atoms. The fourth-order valence-corrected chi connectivity index (χ4v) is 2.64. The van der Waals surface area contributed by atoms with Gasteiger partial charge in [-0.1, -0.05) is 23.2 Å². The lowest BCUT2D eigenvalue weighted by atomic mass is 10.2. The Bertz CT molecular complexity index is 611. The second kappa shape index (κ2) is 7.50. The molecule has 0 saturated carbocycles. The van der Waals surface area contributed by atoms with Crippen molar-refractivity contribution in [1.29, 1.82) is 5.26 Å². The molecular formula is C15H16Cl2N4O. The average molecular weight is 339 g/mol. The zero-order chi connectivity index (χ0) is 16.1. The molecule has 0 atom stereocenters. The fraction of sp³-hybridized carbons (Fsp3) is 0.333. The summed E-state index contributed by atoms with van der Waals surface area (Å²) < 4.78 is 0. The standard InChI is InChI=1S/C15H16Cl2N4O/c1-20-2-4-21(5-3-20)15(22)11(9-18)10-19-14-7-12(16)6-13(17)8-14/h6-8,10,19H,2-5H2,1H3/b11-10-. The number of nitriles is 1. The molecule has 7 heteroatoms. The van der Waals surface area contributed by atoms with Crippen molar-refractivity contribution in [3.8, 4) is 6.07 Å². The van der Waals surface area contributed by atoms with E-state index >= 15 is 0 Å². The van der Waals surface area contributed by atoms with Crippen LogP contribution in [0.5, 0.6) is 0 Å². The van der Waals surface area contributed by atoms with Crippen LogP contribution in [-0.4, -0.2) is 48.9 Å². The van der Waals surface area contributed by atoms with Gasteiger partial charge in [-0.25, -0.2) is 0 Å². The monoisotopic (exact) mass is 338 g/mol. The zero-order valence-electron chi connectivity index (χ0n) is 12.1. The van der Waals surface area contributed by atoms with Crippen LogP contribution in [0.4, 0.5) is 5.69 Å². The molecule has 1 fully saturated rings. The van der Waals surface area contributed by atoms with E-state index in [0.29, 0.717) is 28.8 Å². The summed E-state index contributed by atoms with van der Waals surface area (Å²) in [5, 5.41) is 13.1. The van der Waals surface area contributed by atoms with Crippen LogP contribution in [0.25, 0.3) is 0 Å². The van der Waals surface area contributed by atoms with E-state index in [0.717, 1.165) is 13.1 Å². The van der Waals surface area contributed by atoms with E-state index in [4.69, 9.17) is 23.2 Å². The number of likely N-dealkylation sites (N-methyl/N-ethyl adjacent to an activating group) is 1. The third-order valence-electron chi connectivity index (χ3n) is 3.39. The number of hydrogen-bond acceptors (Lipinski definition) is 4. The van der Waals surface area contributed by atoms with Gasteiger partial charge in [0.1, 0.15) is 11.6 Å². The van der Waals surface area contributed by atoms with Gasteiger partial charge in [0.15, 0.2) is 0 Å². The third kappa shape index (κ3) is 4.38. The van der Waals surface area contributed by atoms with Gasteiger partial charge in [-0.3, -0.25) is 4.79 Å². The summed E-state index contributed by atoms with van der Waals surface area (Å²) in [6.45, 7) is 2.86. The number of benzene rings is 1. The highest BCUT2D eigenvalue weighted by atomic mass is 35.5. The van der Waals surface area contributed by atoms with Crippen LogP contribution in [0.15, 0.2) is 30.0 Å². The van der Waals surface area contributed by atoms with Gasteiger partial charge in [-0.15, -0.1) is 0 Å². The molecule has 22 heavy (non-hydrogen) atoms. The number of halogens is 2. The number of piperazine rings is 1. The minimum atomic E-state index is -0.267. The molecule has 1 saturated heterocycles. The van der Waals surface area contributed by atoms with Crippen LogP contribution >= 0.6 is 23.2 Å². The van der Waals surface area contributed by atoms with Crippen molar-refractivity contribution >= 4 is 34.8 Å². The molecule has 0 bridgehead atoms. The minimum absolute atomic E-state index is 0.0562. The van der Waals surface area contributed by atoms with Crippen molar-refractivity contribution in [3.63, 3.8) is 0 Å². The van der Waals surface area contributed by atoms with Gasteiger partial charge in [-0.2, -0.15) is 5.26 Å². The molecular weight excluding hydrogens is 323 g/mol. The van der Waals surface area contributed by atoms with Gasteiger partial charge >= 0.3 is 0 Å². The Kier molecular flexibility index (Phi) is 5.67. The lowest BCUT2D eigenvalue weighted by Crippen LogP contribution is -2.47. The summed E-state index contributed by atoms with van der Waals surface area (Å²) in [5.74, 6) is -0.267. The maximum absolute atomic E-state index is 12.3. The number of carbonyl (C=O) groups is 1. The molecule has 0 radical (unpaired) electrons. The molecule has 0 unspecified atom stereocenters. The Morgan fingerprint density at radius 3 is 2.36 bits per heavy atom. The van der Waals surface area contributed by atoms with Gasteiger partial charge in [0.05, 0.1) is 0 Å². The number of nitrogens with one attached hydrogen (secondary N) is 1. The van der Waals surface area contributed by atoms with E-state index < -0.39 is 0 Å². The Hall–Kier alpha value is -1.74. The second-order valence-electron chi connectivity index (χ2n) is 5.07. The SMILES string of the molecule is CN1CCN(C(=O)/C(C#N)=C\Nc2cc(Cl)cc(Cl)c2)CC1. The number of rotatable bonds is 3. The summed E-state index contributed by atoms with van der Waals surface area (Å²) in [6.07, 6.45) is 1.39. The first-order valence-corrected chi connectivity index (χ1v) is 7.56. The molecule has 1 aliphatic rings. The van der Waals surface area contributed by atoms with Crippen molar-refractivity contribution in [2.24, 2.45) is 0 Å². The summed E-state index contributed by atoms with van der Waals surface area (Å²) in [7, 11) is 2.01. The first-order valence-electron chi connectivity index (χ1n) is 6.80. The Labute approximate surface area is 139 Å². The van der Waals surface area contributed by atoms with Crippen molar-refractivity contribution in [2.75, 3.05) is 38.5 Å². The molecule has 0 aliphatic carbocycles. The van der Waals surface area contributed by atoms with Crippen LogP contribution in [0, 0.1) is 11.3 Å². The molecule has 0 aromatic heterocycles. The van der Waals surface area contributed by atoms with Gasteiger partial charge < -0.3 is 15.1 Å². The number of hydrogen-bond donors (Lipinski definition) is 1. The Balaban J connectivity index is 2.07. The van der Waals surface area contributed by atoms with Gasteiger partial charge in [-0.05, 0) is 25.2 Å². The van der Waals surface area contributed by atoms with Crippen molar-refractivity contribution in [3.05, 3.63) is 40.0 Å². The Morgan fingerprint density at radius 2 is 1.82 bits per heavy atom. The van der Waals surface area contributed by atoms with E-state index in [1.54, 1.807) is 23.1 Å². The predicted octanol–water partition coefficient (Wildman–Crippen LogP) is 2.59. The summed E-state index contributed by atoms with van der Waals surface area (Å²) in [6, 6.07) is 6.88. The van der Waals surface area contributed by atoms with Crippen LogP contribution in [0.2, 0.25) is 10.0 Å². The lowest BCUT2D eigenvalue weighted by Gasteiger charge is -2.32.